The maximum Gasteiger partial charge on any atom is 0.196 e. The lowest BCUT2D eigenvalue weighted by Gasteiger charge is -2.06. The van der Waals surface area contributed by atoms with Crippen molar-refractivity contribution in [2.75, 3.05) is 5.73 Å². The van der Waals surface area contributed by atoms with Crippen LogP contribution in [0.1, 0.15) is 27.0 Å². The summed E-state index contributed by atoms with van der Waals surface area (Å²) in [6.45, 7) is 0. The van der Waals surface area contributed by atoms with Crippen LogP contribution >= 0.6 is 0 Å². The number of nitrogens with two attached hydrogens (primary N) is 1. The van der Waals surface area contributed by atoms with Gasteiger partial charge in [0.05, 0.1) is 22.4 Å². The maximum atomic E-state index is 12.3. The van der Waals surface area contributed by atoms with Gasteiger partial charge in [-0.2, -0.15) is 10.5 Å². The minimum absolute atomic E-state index is 0.0452. The third-order valence-electron chi connectivity index (χ3n) is 2.83. The van der Waals surface area contributed by atoms with Gasteiger partial charge in [0.25, 0.3) is 0 Å². The molecule has 0 heterocycles. The number of carbonyl (C=O) groups excluding carboxylic acids is 1. The van der Waals surface area contributed by atoms with E-state index in [9.17, 15) is 9.90 Å². The molecule has 0 aliphatic rings. The molecule has 0 aromatic heterocycles. The molecule has 0 atom stereocenters. The van der Waals surface area contributed by atoms with Crippen molar-refractivity contribution in [2.45, 2.75) is 0 Å². The molecule has 2 aromatic carbocycles. The van der Waals surface area contributed by atoms with Crippen molar-refractivity contribution in [2.24, 2.45) is 0 Å². The molecular weight excluding hydrogens is 254 g/mol. The second-order valence-corrected chi connectivity index (χ2v) is 4.05. The van der Waals surface area contributed by atoms with E-state index in [0.29, 0.717) is 0 Å². The van der Waals surface area contributed by atoms with Crippen LogP contribution in [0.3, 0.4) is 0 Å². The average Bonchev–Trinajstić information content (AvgIpc) is 2.47. The van der Waals surface area contributed by atoms with Crippen molar-refractivity contribution >= 4 is 11.5 Å². The Hall–Kier alpha value is -3.31. The summed E-state index contributed by atoms with van der Waals surface area (Å²) >= 11 is 0. The van der Waals surface area contributed by atoms with Gasteiger partial charge in [0.1, 0.15) is 17.9 Å². The van der Waals surface area contributed by atoms with Crippen LogP contribution in [0, 0.1) is 22.7 Å². The number of phenolic OH excluding ortho intramolecular Hbond substituents is 1. The van der Waals surface area contributed by atoms with E-state index in [1.54, 1.807) is 12.1 Å². The molecule has 0 bridgehead atoms. The minimum atomic E-state index is -0.476. The molecule has 5 nitrogen and oxygen atoms in total. The predicted molar refractivity (Wildman–Crippen MR) is 71.8 cm³/mol. The molecule has 0 amide bonds. The van der Waals surface area contributed by atoms with Crippen molar-refractivity contribution in [3.8, 4) is 17.9 Å². The second kappa shape index (κ2) is 5.13. The molecule has 0 unspecified atom stereocenters. The number of ketones is 1. The summed E-state index contributed by atoms with van der Waals surface area (Å²) in [5.74, 6) is -0.637. The molecule has 0 radical (unpaired) electrons. The largest absolute Gasteiger partial charge is 0.507 e. The fraction of sp³-hybridized carbons (Fsp3) is 0. The van der Waals surface area contributed by atoms with Gasteiger partial charge in [0.2, 0.25) is 0 Å². The number of anilines is 1. The molecule has 96 valence electrons. The SMILES string of the molecule is N#Cc1cc(C(=O)c2ccccc2O)cc(C#N)c1N. The van der Waals surface area contributed by atoms with Gasteiger partial charge in [-0.1, -0.05) is 12.1 Å². The number of nitriles is 2. The third kappa shape index (κ3) is 2.16. The summed E-state index contributed by atoms with van der Waals surface area (Å²) in [7, 11) is 0. The van der Waals surface area contributed by atoms with Gasteiger partial charge in [-0.3, -0.25) is 4.79 Å². The van der Waals surface area contributed by atoms with E-state index in [2.05, 4.69) is 0 Å². The van der Waals surface area contributed by atoms with Crippen LogP contribution in [0.4, 0.5) is 5.69 Å². The van der Waals surface area contributed by atoms with E-state index >= 15 is 0 Å². The zero-order valence-corrected chi connectivity index (χ0v) is 10.3. The molecule has 0 fully saturated rings. The lowest BCUT2D eigenvalue weighted by atomic mass is 9.97. The number of hydrogen-bond donors (Lipinski definition) is 2. The number of phenols is 1. The first-order valence-corrected chi connectivity index (χ1v) is 5.65. The Morgan fingerprint density at radius 3 is 2.15 bits per heavy atom. The first-order valence-electron chi connectivity index (χ1n) is 5.65. The Morgan fingerprint density at radius 2 is 1.65 bits per heavy atom. The van der Waals surface area contributed by atoms with Crippen molar-refractivity contribution in [3.05, 3.63) is 58.7 Å². The molecule has 5 heteroatoms. The van der Waals surface area contributed by atoms with E-state index in [-0.39, 0.29) is 33.7 Å². The molecule has 0 spiro atoms. The molecular formula is C15H9N3O2. The number of para-hydroxylation sites is 1. The molecule has 0 aliphatic carbocycles. The monoisotopic (exact) mass is 263 g/mol. The van der Waals surface area contributed by atoms with Crippen molar-refractivity contribution in [1.29, 1.82) is 10.5 Å². The van der Waals surface area contributed by atoms with Crippen LogP contribution in [-0.2, 0) is 0 Å². The zero-order chi connectivity index (χ0) is 14.7. The molecule has 2 aromatic rings. The summed E-state index contributed by atoms with van der Waals surface area (Å²) in [5.41, 5.74) is 6.03. The number of benzene rings is 2. The van der Waals surface area contributed by atoms with Crippen LogP contribution in [0.25, 0.3) is 0 Å². The van der Waals surface area contributed by atoms with Gasteiger partial charge >= 0.3 is 0 Å². The fourth-order valence-electron chi connectivity index (χ4n) is 1.79. The van der Waals surface area contributed by atoms with Crippen LogP contribution < -0.4 is 5.73 Å². The van der Waals surface area contributed by atoms with E-state index < -0.39 is 5.78 Å². The summed E-state index contributed by atoms with van der Waals surface area (Å²) in [4.78, 5) is 12.3. The second-order valence-electron chi connectivity index (χ2n) is 4.05. The summed E-state index contributed by atoms with van der Waals surface area (Å²) < 4.78 is 0. The van der Waals surface area contributed by atoms with Crippen molar-refractivity contribution < 1.29 is 9.90 Å². The minimum Gasteiger partial charge on any atom is -0.507 e. The third-order valence-corrected chi connectivity index (χ3v) is 2.83. The zero-order valence-electron chi connectivity index (χ0n) is 10.3. The lowest BCUT2D eigenvalue weighted by molar-refractivity contribution is 0.103. The molecule has 20 heavy (non-hydrogen) atoms. The van der Waals surface area contributed by atoms with Crippen LogP contribution in [0.5, 0.6) is 5.75 Å². The Bertz CT molecular complexity index is 747. The number of aromatic hydroxyl groups is 1. The van der Waals surface area contributed by atoms with E-state index in [1.165, 1.54) is 24.3 Å². The van der Waals surface area contributed by atoms with E-state index in [1.807, 2.05) is 12.1 Å². The Labute approximate surface area is 115 Å². The van der Waals surface area contributed by atoms with Crippen LogP contribution in [-0.4, -0.2) is 10.9 Å². The number of carbonyl (C=O) groups is 1. The standard InChI is InChI=1S/C15H9N3O2/c16-7-10-5-9(6-11(8-17)14(10)18)15(20)12-3-1-2-4-13(12)19/h1-6,19H,18H2. The number of hydrogen-bond acceptors (Lipinski definition) is 5. The predicted octanol–water partition coefficient (Wildman–Crippen LogP) is 1.95. The van der Waals surface area contributed by atoms with Crippen molar-refractivity contribution in [1.82, 2.24) is 0 Å². The van der Waals surface area contributed by atoms with Gasteiger partial charge < -0.3 is 10.8 Å². The first kappa shape index (κ1) is 13.1. The average molecular weight is 263 g/mol. The topological polar surface area (TPSA) is 111 Å². The van der Waals surface area contributed by atoms with E-state index in [4.69, 9.17) is 16.3 Å². The highest BCUT2D eigenvalue weighted by Crippen LogP contribution is 2.24. The normalized spacial score (nSPS) is 9.50. The number of rotatable bonds is 2. The lowest BCUT2D eigenvalue weighted by Crippen LogP contribution is -2.05. The Balaban J connectivity index is 2.60. The summed E-state index contributed by atoms with van der Waals surface area (Å²) in [6.07, 6.45) is 0. The molecule has 3 N–H and O–H groups in total. The highest BCUT2D eigenvalue weighted by molar-refractivity contribution is 6.11. The number of nitrogen functional groups attached to an aromatic ring is 1. The van der Waals surface area contributed by atoms with Gasteiger partial charge in [-0.15, -0.1) is 0 Å². The highest BCUT2D eigenvalue weighted by Gasteiger charge is 2.16. The van der Waals surface area contributed by atoms with Crippen LogP contribution in [0.2, 0.25) is 0 Å². The first-order chi connectivity index (χ1) is 9.58. The highest BCUT2D eigenvalue weighted by atomic mass is 16.3. The fourth-order valence-corrected chi connectivity index (χ4v) is 1.79. The van der Waals surface area contributed by atoms with Crippen LogP contribution in [0.15, 0.2) is 36.4 Å². The molecule has 0 aliphatic heterocycles. The Morgan fingerprint density at radius 1 is 1.10 bits per heavy atom. The quantitative estimate of drug-likeness (QED) is 0.635. The van der Waals surface area contributed by atoms with Gasteiger partial charge in [-0.25, -0.2) is 0 Å². The number of nitrogens with zero attached hydrogens (tertiary/aromatic N) is 2. The van der Waals surface area contributed by atoms with E-state index in [0.717, 1.165) is 0 Å². The molecule has 0 saturated carbocycles. The summed E-state index contributed by atoms with van der Waals surface area (Å²) in [6, 6.07) is 12.4. The van der Waals surface area contributed by atoms with Gasteiger partial charge in [0.15, 0.2) is 5.78 Å². The maximum absolute atomic E-state index is 12.3. The molecule has 0 saturated heterocycles. The van der Waals surface area contributed by atoms with Gasteiger partial charge in [0, 0.05) is 5.56 Å². The van der Waals surface area contributed by atoms with Crippen molar-refractivity contribution in [3.63, 3.8) is 0 Å². The molecule has 2 rings (SSSR count). The van der Waals surface area contributed by atoms with Gasteiger partial charge in [-0.05, 0) is 24.3 Å². The smallest absolute Gasteiger partial charge is 0.196 e. The Kier molecular flexibility index (Phi) is 3.37. The summed E-state index contributed by atoms with van der Waals surface area (Å²) in [5, 5.41) is 27.6.